The zero-order chi connectivity index (χ0) is 21.6. The summed E-state index contributed by atoms with van der Waals surface area (Å²) in [5.41, 5.74) is 1.13. The molecular weight excluding hydrogens is 410 g/mol. The van der Waals surface area contributed by atoms with E-state index in [0.29, 0.717) is 52.6 Å². The Kier molecular flexibility index (Phi) is 12.0. The number of thiophene rings is 1. The second kappa shape index (κ2) is 14.5. The van der Waals surface area contributed by atoms with Crippen LogP contribution >= 0.6 is 11.3 Å². The monoisotopic (exact) mass is 443 g/mol. The van der Waals surface area contributed by atoms with E-state index in [1.807, 2.05) is 18.4 Å². The lowest BCUT2D eigenvalue weighted by Gasteiger charge is -2.36. The molecule has 0 saturated heterocycles. The number of hydrogen-bond donors (Lipinski definition) is 2. The highest BCUT2D eigenvalue weighted by molar-refractivity contribution is 7.08. The fraction of sp³-hybridized carbons (Fsp3) is 0.667. The lowest BCUT2D eigenvalue weighted by Crippen LogP contribution is -2.39. The SMILES string of the molecule is CCO[C@@H]1OC(C(=O)NCCOC)=C[C@H](c2ccsc2)[C@H]1CCOCCOCCO. The fourth-order valence-electron chi connectivity index (χ4n) is 3.24. The number of methoxy groups -OCH3 is 1. The molecule has 2 N–H and O–H groups in total. The third kappa shape index (κ3) is 7.98. The molecule has 1 amide bonds. The van der Waals surface area contributed by atoms with E-state index in [2.05, 4.69) is 16.8 Å². The molecule has 0 bridgehead atoms. The number of ether oxygens (including phenoxy) is 5. The van der Waals surface area contributed by atoms with Crippen LogP contribution in [0.5, 0.6) is 0 Å². The highest BCUT2D eigenvalue weighted by Gasteiger charge is 2.38. The van der Waals surface area contributed by atoms with E-state index < -0.39 is 6.29 Å². The van der Waals surface area contributed by atoms with E-state index in [1.165, 1.54) is 0 Å². The number of aliphatic hydroxyl groups is 1. The molecule has 0 unspecified atom stereocenters. The first-order valence-corrected chi connectivity index (χ1v) is 11.2. The molecule has 1 aliphatic heterocycles. The molecular formula is C21H33NO7S. The summed E-state index contributed by atoms with van der Waals surface area (Å²) in [6, 6.07) is 2.07. The van der Waals surface area contributed by atoms with E-state index in [4.69, 9.17) is 28.8 Å². The van der Waals surface area contributed by atoms with Gasteiger partial charge in [-0.1, -0.05) is 0 Å². The average molecular weight is 444 g/mol. The fourth-order valence-corrected chi connectivity index (χ4v) is 3.95. The minimum Gasteiger partial charge on any atom is -0.459 e. The summed E-state index contributed by atoms with van der Waals surface area (Å²) in [5.74, 6) is -0.00422. The van der Waals surface area contributed by atoms with E-state index in [0.717, 1.165) is 5.56 Å². The van der Waals surface area contributed by atoms with E-state index in [1.54, 1.807) is 18.4 Å². The van der Waals surface area contributed by atoms with Crippen molar-refractivity contribution in [2.75, 3.05) is 59.9 Å². The van der Waals surface area contributed by atoms with Crippen molar-refractivity contribution in [1.29, 1.82) is 0 Å². The number of carbonyl (C=O) groups excluding carboxylic acids is 1. The maximum atomic E-state index is 12.6. The maximum Gasteiger partial charge on any atom is 0.286 e. The molecule has 170 valence electrons. The Morgan fingerprint density at radius 1 is 1.23 bits per heavy atom. The zero-order valence-electron chi connectivity index (χ0n) is 17.7. The number of amides is 1. The quantitative estimate of drug-likeness (QED) is 0.400. The molecule has 0 aliphatic carbocycles. The van der Waals surface area contributed by atoms with Crippen LogP contribution in [-0.2, 0) is 28.5 Å². The van der Waals surface area contributed by atoms with Crippen LogP contribution in [0.1, 0.15) is 24.8 Å². The van der Waals surface area contributed by atoms with E-state index in [-0.39, 0.29) is 30.1 Å². The number of rotatable bonds is 15. The first kappa shape index (κ1) is 24.8. The van der Waals surface area contributed by atoms with Crippen LogP contribution in [-0.4, -0.2) is 77.2 Å². The molecule has 30 heavy (non-hydrogen) atoms. The van der Waals surface area contributed by atoms with Gasteiger partial charge in [0.15, 0.2) is 5.76 Å². The molecule has 0 spiro atoms. The Balaban J connectivity index is 2.05. The second-order valence-corrected chi connectivity index (χ2v) is 7.48. The van der Waals surface area contributed by atoms with Gasteiger partial charge in [0.05, 0.1) is 33.0 Å². The normalized spacial score (nSPS) is 21.2. The van der Waals surface area contributed by atoms with Gasteiger partial charge in [-0.2, -0.15) is 11.3 Å². The van der Waals surface area contributed by atoms with Crippen molar-refractivity contribution < 1.29 is 33.6 Å². The molecule has 3 atom stereocenters. The molecule has 2 rings (SSSR count). The molecule has 1 aromatic heterocycles. The Morgan fingerprint density at radius 2 is 2.03 bits per heavy atom. The van der Waals surface area contributed by atoms with Gasteiger partial charge in [-0.25, -0.2) is 0 Å². The van der Waals surface area contributed by atoms with Crippen LogP contribution in [0.2, 0.25) is 0 Å². The molecule has 0 aromatic carbocycles. The Bertz CT molecular complexity index is 623. The van der Waals surface area contributed by atoms with Gasteiger partial charge in [-0.3, -0.25) is 4.79 Å². The maximum absolute atomic E-state index is 12.6. The number of aliphatic hydroxyl groups excluding tert-OH is 1. The van der Waals surface area contributed by atoms with Gasteiger partial charge in [-0.15, -0.1) is 0 Å². The average Bonchev–Trinajstić information content (AvgIpc) is 3.28. The Hall–Kier alpha value is -1.49. The third-order valence-corrected chi connectivity index (χ3v) is 5.36. The summed E-state index contributed by atoms with van der Waals surface area (Å²) in [5, 5.41) is 15.6. The van der Waals surface area contributed by atoms with Crippen LogP contribution in [0, 0.1) is 5.92 Å². The van der Waals surface area contributed by atoms with Crippen molar-refractivity contribution in [3.63, 3.8) is 0 Å². The lowest BCUT2D eigenvalue weighted by molar-refractivity contribution is -0.168. The summed E-state index contributed by atoms with van der Waals surface area (Å²) in [7, 11) is 1.59. The number of hydrogen-bond acceptors (Lipinski definition) is 8. The number of nitrogens with one attached hydrogen (secondary N) is 1. The highest BCUT2D eigenvalue weighted by Crippen LogP contribution is 2.39. The first-order valence-electron chi connectivity index (χ1n) is 10.3. The first-order chi connectivity index (χ1) is 14.7. The Morgan fingerprint density at radius 3 is 2.70 bits per heavy atom. The molecule has 0 radical (unpaired) electrons. The molecule has 0 saturated carbocycles. The van der Waals surface area contributed by atoms with Crippen LogP contribution in [0.15, 0.2) is 28.7 Å². The predicted octanol–water partition coefficient (Wildman–Crippen LogP) is 1.90. The standard InChI is InChI=1S/C21H33NO7S/c1-3-28-21-17(4-8-26-11-12-27-10-7-23)18(16-5-13-30-15-16)14-19(29-21)20(24)22-6-9-25-2/h5,13-15,17-18,21,23H,3-4,6-12H2,1-2H3,(H,22,24)/t17-,18-,21-/m1/s1. The number of carbonyl (C=O) groups is 1. The predicted molar refractivity (Wildman–Crippen MR) is 113 cm³/mol. The van der Waals surface area contributed by atoms with Gasteiger partial charge in [0.1, 0.15) is 0 Å². The van der Waals surface area contributed by atoms with Crippen molar-refractivity contribution in [2.45, 2.75) is 25.6 Å². The molecule has 2 heterocycles. The van der Waals surface area contributed by atoms with Crippen molar-refractivity contribution in [3.8, 4) is 0 Å². The molecule has 9 heteroatoms. The summed E-state index contributed by atoms with van der Waals surface area (Å²) >= 11 is 1.62. The van der Waals surface area contributed by atoms with E-state index >= 15 is 0 Å². The zero-order valence-corrected chi connectivity index (χ0v) is 18.5. The molecule has 1 aliphatic rings. The smallest absolute Gasteiger partial charge is 0.286 e. The Labute approximate surface area is 182 Å². The van der Waals surface area contributed by atoms with Gasteiger partial charge in [0, 0.05) is 38.7 Å². The molecule has 0 fully saturated rings. The summed E-state index contributed by atoms with van der Waals surface area (Å²) in [6.07, 6.45) is 2.05. The minimum atomic E-state index is -0.540. The van der Waals surface area contributed by atoms with Crippen molar-refractivity contribution >= 4 is 17.2 Å². The van der Waals surface area contributed by atoms with Gasteiger partial charge in [0.25, 0.3) is 5.91 Å². The van der Waals surface area contributed by atoms with Crippen LogP contribution in [0.4, 0.5) is 0 Å². The topological polar surface area (TPSA) is 95.5 Å². The summed E-state index contributed by atoms with van der Waals surface area (Å²) in [6.45, 7) is 4.96. The molecule has 8 nitrogen and oxygen atoms in total. The third-order valence-electron chi connectivity index (χ3n) is 4.66. The largest absolute Gasteiger partial charge is 0.459 e. The van der Waals surface area contributed by atoms with Gasteiger partial charge >= 0.3 is 0 Å². The van der Waals surface area contributed by atoms with Crippen LogP contribution < -0.4 is 5.32 Å². The minimum absolute atomic E-state index is 0.00544. The van der Waals surface area contributed by atoms with Crippen LogP contribution in [0.3, 0.4) is 0 Å². The molecule has 1 aromatic rings. The summed E-state index contributed by atoms with van der Waals surface area (Å²) in [4.78, 5) is 12.6. The second-order valence-electron chi connectivity index (χ2n) is 6.70. The highest BCUT2D eigenvalue weighted by atomic mass is 32.1. The van der Waals surface area contributed by atoms with Gasteiger partial charge in [0.2, 0.25) is 6.29 Å². The van der Waals surface area contributed by atoms with E-state index in [9.17, 15) is 4.79 Å². The number of allylic oxidation sites excluding steroid dienone is 1. The van der Waals surface area contributed by atoms with Gasteiger partial charge in [-0.05, 0) is 41.8 Å². The summed E-state index contributed by atoms with van der Waals surface area (Å²) < 4.78 is 27.7. The van der Waals surface area contributed by atoms with Crippen molar-refractivity contribution in [3.05, 3.63) is 34.2 Å². The lowest BCUT2D eigenvalue weighted by atomic mass is 9.82. The van der Waals surface area contributed by atoms with Crippen molar-refractivity contribution in [1.82, 2.24) is 5.32 Å². The van der Waals surface area contributed by atoms with Crippen molar-refractivity contribution in [2.24, 2.45) is 5.92 Å². The van der Waals surface area contributed by atoms with Crippen LogP contribution in [0.25, 0.3) is 0 Å². The van der Waals surface area contributed by atoms with Gasteiger partial charge < -0.3 is 34.1 Å².